The first-order chi connectivity index (χ1) is 9.74. The average molecular weight is 279 g/mol. The van der Waals surface area contributed by atoms with Gasteiger partial charge >= 0.3 is 0 Å². The summed E-state index contributed by atoms with van der Waals surface area (Å²) >= 11 is 0. The smallest absolute Gasteiger partial charge is 0.223 e. The van der Waals surface area contributed by atoms with Gasteiger partial charge in [-0.2, -0.15) is 0 Å². The standard InChI is InChI=1S/C16H29N3O/c17-15-11-3-1-4-12(15)10-13(9-11)16(20)19-8-6-14-5-2-7-18-14/h11-15,18H,1-10,17H2,(H,19,20)/t11?,12?,13?,14-,15?/m1/s1. The Morgan fingerprint density at radius 2 is 1.90 bits per heavy atom. The Morgan fingerprint density at radius 1 is 1.15 bits per heavy atom. The third kappa shape index (κ3) is 3.17. The second-order valence-corrected chi connectivity index (χ2v) is 7.07. The van der Waals surface area contributed by atoms with Crippen LogP contribution in [0.1, 0.15) is 51.4 Å². The van der Waals surface area contributed by atoms with E-state index in [-0.39, 0.29) is 11.8 Å². The first kappa shape index (κ1) is 14.3. The Labute approximate surface area is 122 Å². The van der Waals surface area contributed by atoms with Crippen LogP contribution in [0, 0.1) is 17.8 Å². The van der Waals surface area contributed by atoms with Gasteiger partial charge in [0.25, 0.3) is 0 Å². The highest BCUT2D eigenvalue weighted by Gasteiger charge is 2.40. The normalized spacial score (nSPS) is 40.5. The van der Waals surface area contributed by atoms with Gasteiger partial charge in [0.15, 0.2) is 0 Å². The Bertz CT molecular complexity index is 327. The molecule has 0 aromatic heterocycles. The van der Waals surface area contributed by atoms with E-state index in [9.17, 15) is 4.79 Å². The number of rotatable bonds is 4. The molecule has 1 aliphatic heterocycles. The third-order valence-corrected chi connectivity index (χ3v) is 5.74. The second kappa shape index (κ2) is 6.44. The Morgan fingerprint density at radius 3 is 2.55 bits per heavy atom. The van der Waals surface area contributed by atoms with E-state index in [1.54, 1.807) is 0 Å². The maximum atomic E-state index is 12.3. The fourth-order valence-corrected chi connectivity index (χ4v) is 4.52. The molecule has 3 aliphatic rings. The summed E-state index contributed by atoms with van der Waals surface area (Å²) in [5.41, 5.74) is 6.29. The van der Waals surface area contributed by atoms with Gasteiger partial charge in [-0.15, -0.1) is 0 Å². The summed E-state index contributed by atoms with van der Waals surface area (Å²) < 4.78 is 0. The summed E-state index contributed by atoms with van der Waals surface area (Å²) in [6, 6.07) is 0.977. The summed E-state index contributed by atoms with van der Waals surface area (Å²) in [5.74, 6) is 1.69. The minimum atomic E-state index is 0.224. The number of amides is 1. The molecule has 1 heterocycles. The van der Waals surface area contributed by atoms with Crippen LogP contribution < -0.4 is 16.4 Å². The zero-order valence-corrected chi connectivity index (χ0v) is 12.4. The first-order valence-corrected chi connectivity index (χ1v) is 8.50. The number of nitrogens with one attached hydrogen (secondary N) is 2. The molecule has 0 aromatic rings. The van der Waals surface area contributed by atoms with Crippen molar-refractivity contribution in [1.29, 1.82) is 0 Å². The fraction of sp³-hybridized carbons (Fsp3) is 0.938. The number of carbonyl (C=O) groups is 1. The van der Waals surface area contributed by atoms with Gasteiger partial charge in [0, 0.05) is 24.5 Å². The zero-order valence-electron chi connectivity index (χ0n) is 12.4. The van der Waals surface area contributed by atoms with Crippen molar-refractivity contribution in [3.8, 4) is 0 Å². The Balaban J connectivity index is 1.43. The van der Waals surface area contributed by atoms with Gasteiger partial charge in [0.1, 0.15) is 0 Å². The molecule has 0 radical (unpaired) electrons. The lowest BCUT2D eigenvalue weighted by Gasteiger charge is -2.43. The van der Waals surface area contributed by atoms with Crippen LogP contribution in [-0.4, -0.2) is 31.1 Å². The number of fused-ring (bicyclic) bond motifs is 2. The lowest BCUT2D eigenvalue weighted by Crippen LogP contribution is -2.49. The van der Waals surface area contributed by atoms with Crippen LogP contribution in [-0.2, 0) is 4.79 Å². The Kier molecular flexibility index (Phi) is 4.61. The highest BCUT2D eigenvalue weighted by Crippen LogP contribution is 2.41. The molecular formula is C16H29N3O. The molecular weight excluding hydrogens is 250 g/mol. The van der Waals surface area contributed by atoms with Crippen molar-refractivity contribution >= 4 is 5.91 Å². The maximum Gasteiger partial charge on any atom is 0.223 e. The van der Waals surface area contributed by atoms with Crippen molar-refractivity contribution in [3.05, 3.63) is 0 Å². The van der Waals surface area contributed by atoms with Gasteiger partial charge in [-0.3, -0.25) is 4.79 Å². The highest BCUT2D eigenvalue weighted by atomic mass is 16.1. The summed E-state index contributed by atoms with van der Waals surface area (Å²) in [4.78, 5) is 12.3. The number of carbonyl (C=O) groups excluding carboxylic acids is 1. The quantitative estimate of drug-likeness (QED) is 0.728. The minimum absolute atomic E-state index is 0.224. The van der Waals surface area contributed by atoms with Crippen LogP contribution in [0.25, 0.3) is 0 Å². The summed E-state index contributed by atoms with van der Waals surface area (Å²) in [6.45, 7) is 1.97. The van der Waals surface area contributed by atoms with E-state index in [2.05, 4.69) is 10.6 Å². The van der Waals surface area contributed by atoms with E-state index in [0.717, 1.165) is 32.4 Å². The first-order valence-electron chi connectivity index (χ1n) is 8.50. The van der Waals surface area contributed by atoms with Crippen molar-refractivity contribution in [2.75, 3.05) is 13.1 Å². The van der Waals surface area contributed by atoms with Crippen LogP contribution in [0.3, 0.4) is 0 Å². The average Bonchev–Trinajstić information content (AvgIpc) is 2.91. The van der Waals surface area contributed by atoms with E-state index in [0.29, 0.717) is 23.9 Å². The molecule has 0 aromatic carbocycles. The van der Waals surface area contributed by atoms with Crippen LogP contribution >= 0.6 is 0 Å². The van der Waals surface area contributed by atoms with Crippen molar-refractivity contribution in [2.45, 2.75) is 63.5 Å². The van der Waals surface area contributed by atoms with Crippen LogP contribution in [0.4, 0.5) is 0 Å². The van der Waals surface area contributed by atoms with E-state index in [1.807, 2.05) is 0 Å². The molecule has 1 amide bonds. The predicted octanol–water partition coefficient (Wildman–Crippen LogP) is 1.40. The molecule has 3 atom stereocenters. The van der Waals surface area contributed by atoms with Crippen LogP contribution in [0.2, 0.25) is 0 Å². The van der Waals surface area contributed by atoms with Crippen LogP contribution in [0.15, 0.2) is 0 Å². The SMILES string of the molecule is NC1C2CCCC1CC(C(=O)NCC[C@H]1CCCN1)C2. The number of nitrogens with two attached hydrogens (primary N) is 1. The van der Waals surface area contributed by atoms with Gasteiger partial charge in [-0.25, -0.2) is 0 Å². The lowest BCUT2D eigenvalue weighted by molar-refractivity contribution is -0.127. The van der Waals surface area contributed by atoms with Gasteiger partial charge in [0.05, 0.1) is 0 Å². The predicted molar refractivity (Wildman–Crippen MR) is 80.2 cm³/mol. The van der Waals surface area contributed by atoms with Crippen molar-refractivity contribution < 1.29 is 4.79 Å². The topological polar surface area (TPSA) is 67.2 Å². The lowest BCUT2D eigenvalue weighted by atomic mass is 9.65. The largest absolute Gasteiger partial charge is 0.356 e. The molecule has 4 heteroatoms. The van der Waals surface area contributed by atoms with Gasteiger partial charge in [-0.05, 0) is 63.3 Å². The molecule has 2 unspecified atom stereocenters. The van der Waals surface area contributed by atoms with E-state index in [1.165, 1.54) is 32.1 Å². The molecule has 2 aliphatic carbocycles. The maximum absolute atomic E-state index is 12.3. The number of hydrogen-bond donors (Lipinski definition) is 3. The van der Waals surface area contributed by atoms with Crippen molar-refractivity contribution in [2.24, 2.45) is 23.5 Å². The van der Waals surface area contributed by atoms with Gasteiger partial charge in [0.2, 0.25) is 5.91 Å². The zero-order chi connectivity index (χ0) is 13.9. The third-order valence-electron chi connectivity index (χ3n) is 5.74. The molecule has 2 bridgehead atoms. The van der Waals surface area contributed by atoms with Crippen LogP contribution in [0.5, 0.6) is 0 Å². The molecule has 2 saturated carbocycles. The molecule has 3 rings (SSSR count). The molecule has 4 N–H and O–H groups in total. The second-order valence-electron chi connectivity index (χ2n) is 7.07. The molecule has 3 fully saturated rings. The fourth-order valence-electron chi connectivity index (χ4n) is 4.52. The van der Waals surface area contributed by atoms with E-state index < -0.39 is 0 Å². The summed E-state index contributed by atoms with van der Waals surface area (Å²) in [7, 11) is 0. The van der Waals surface area contributed by atoms with E-state index in [4.69, 9.17) is 5.73 Å². The minimum Gasteiger partial charge on any atom is -0.356 e. The van der Waals surface area contributed by atoms with Gasteiger partial charge in [-0.1, -0.05) is 6.42 Å². The molecule has 114 valence electrons. The van der Waals surface area contributed by atoms with Crippen molar-refractivity contribution in [3.63, 3.8) is 0 Å². The number of hydrogen-bond acceptors (Lipinski definition) is 3. The van der Waals surface area contributed by atoms with Gasteiger partial charge < -0.3 is 16.4 Å². The monoisotopic (exact) mass is 279 g/mol. The molecule has 20 heavy (non-hydrogen) atoms. The molecule has 0 spiro atoms. The Hall–Kier alpha value is -0.610. The van der Waals surface area contributed by atoms with Crippen molar-refractivity contribution in [1.82, 2.24) is 10.6 Å². The van der Waals surface area contributed by atoms with E-state index >= 15 is 0 Å². The summed E-state index contributed by atoms with van der Waals surface area (Å²) in [5, 5.41) is 6.64. The molecule has 1 saturated heterocycles. The summed E-state index contributed by atoms with van der Waals surface area (Å²) in [6.07, 6.45) is 9.42. The highest BCUT2D eigenvalue weighted by molar-refractivity contribution is 5.78. The molecule has 4 nitrogen and oxygen atoms in total.